The Morgan fingerprint density at radius 1 is 1.30 bits per heavy atom. The maximum atomic E-state index is 12.4. The van der Waals surface area contributed by atoms with Crippen molar-refractivity contribution in [3.05, 3.63) is 40.3 Å². The van der Waals surface area contributed by atoms with E-state index in [1.54, 1.807) is 13.2 Å². The van der Waals surface area contributed by atoms with Gasteiger partial charge in [-0.3, -0.25) is 9.59 Å². The summed E-state index contributed by atoms with van der Waals surface area (Å²) >= 11 is 0. The summed E-state index contributed by atoms with van der Waals surface area (Å²) in [4.78, 5) is 24.3. The Balaban J connectivity index is 2.32. The third-order valence-electron chi connectivity index (χ3n) is 3.50. The van der Waals surface area contributed by atoms with Crippen molar-refractivity contribution in [2.45, 2.75) is 33.4 Å². The molecule has 2 rings (SSSR count). The standard InChI is InChI=1S/C17H23N3O3/c1-12(2)10-16(21)18-11-15-13-6-4-5-7-14(13)17(22)20(19-15)8-9-23-3/h4-7,12H,8-11H2,1-3H3,(H,18,21). The molecule has 0 spiro atoms. The summed E-state index contributed by atoms with van der Waals surface area (Å²) in [6.07, 6.45) is 0.473. The fraction of sp³-hybridized carbons (Fsp3) is 0.471. The number of fused-ring (bicyclic) bond motifs is 1. The van der Waals surface area contributed by atoms with Crippen LogP contribution in [0.15, 0.2) is 29.1 Å². The van der Waals surface area contributed by atoms with Gasteiger partial charge in [0.25, 0.3) is 5.56 Å². The van der Waals surface area contributed by atoms with Gasteiger partial charge < -0.3 is 10.1 Å². The monoisotopic (exact) mass is 317 g/mol. The first kappa shape index (κ1) is 17.1. The average molecular weight is 317 g/mol. The van der Waals surface area contributed by atoms with E-state index in [4.69, 9.17) is 4.74 Å². The second-order valence-electron chi connectivity index (χ2n) is 5.89. The quantitative estimate of drug-likeness (QED) is 0.843. The van der Waals surface area contributed by atoms with E-state index < -0.39 is 0 Å². The predicted molar refractivity (Wildman–Crippen MR) is 89.2 cm³/mol. The lowest BCUT2D eigenvalue weighted by atomic mass is 10.1. The van der Waals surface area contributed by atoms with Crippen LogP contribution >= 0.6 is 0 Å². The summed E-state index contributed by atoms with van der Waals surface area (Å²) in [6, 6.07) is 7.32. The molecule has 0 bridgehead atoms. The van der Waals surface area contributed by atoms with Crippen molar-refractivity contribution in [1.82, 2.24) is 15.1 Å². The zero-order valence-corrected chi connectivity index (χ0v) is 13.8. The van der Waals surface area contributed by atoms with Crippen LogP contribution in [0, 0.1) is 5.92 Å². The van der Waals surface area contributed by atoms with Gasteiger partial charge >= 0.3 is 0 Å². The van der Waals surface area contributed by atoms with Crippen LogP contribution in [0.2, 0.25) is 0 Å². The summed E-state index contributed by atoms with van der Waals surface area (Å²) < 4.78 is 6.42. The summed E-state index contributed by atoms with van der Waals surface area (Å²) in [6.45, 7) is 5.09. The predicted octanol–water partition coefficient (Wildman–Crippen LogP) is 1.71. The highest BCUT2D eigenvalue weighted by Crippen LogP contribution is 2.13. The number of ether oxygens (including phenoxy) is 1. The molecule has 0 radical (unpaired) electrons. The van der Waals surface area contributed by atoms with E-state index in [9.17, 15) is 9.59 Å². The Morgan fingerprint density at radius 2 is 2.00 bits per heavy atom. The molecule has 6 heteroatoms. The highest BCUT2D eigenvalue weighted by molar-refractivity contribution is 5.84. The molecule has 6 nitrogen and oxygen atoms in total. The minimum atomic E-state index is -0.144. The van der Waals surface area contributed by atoms with Crippen LogP contribution in [0.5, 0.6) is 0 Å². The van der Waals surface area contributed by atoms with Crippen molar-refractivity contribution in [1.29, 1.82) is 0 Å². The van der Waals surface area contributed by atoms with Gasteiger partial charge in [-0.1, -0.05) is 32.0 Å². The summed E-state index contributed by atoms with van der Waals surface area (Å²) in [5, 5.41) is 8.65. The number of rotatable bonds is 7. The first-order chi connectivity index (χ1) is 11.0. The SMILES string of the molecule is COCCn1nc(CNC(=O)CC(C)C)c2ccccc2c1=O. The Kier molecular flexibility index (Phi) is 5.87. The lowest BCUT2D eigenvalue weighted by Crippen LogP contribution is -2.29. The Morgan fingerprint density at radius 3 is 2.65 bits per heavy atom. The van der Waals surface area contributed by atoms with E-state index in [1.165, 1.54) is 4.68 Å². The first-order valence-corrected chi connectivity index (χ1v) is 7.77. The molecule has 124 valence electrons. The van der Waals surface area contributed by atoms with Crippen LogP contribution in [0.4, 0.5) is 0 Å². The molecule has 0 aliphatic rings. The molecule has 0 atom stereocenters. The zero-order chi connectivity index (χ0) is 16.8. The molecule has 1 aromatic carbocycles. The molecule has 1 heterocycles. The van der Waals surface area contributed by atoms with Gasteiger partial charge in [0.2, 0.25) is 5.91 Å². The number of aromatic nitrogens is 2. The van der Waals surface area contributed by atoms with Crippen LogP contribution < -0.4 is 10.9 Å². The smallest absolute Gasteiger partial charge is 0.274 e. The van der Waals surface area contributed by atoms with Gasteiger partial charge in [0.15, 0.2) is 0 Å². The number of nitrogens with one attached hydrogen (secondary N) is 1. The summed E-state index contributed by atoms with van der Waals surface area (Å²) in [5.41, 5.74) is 0.545. The molecule has 0 aliphatic carbocycles. The van der Waals surface area contributed by atoms with Crippen molar-refractivity contribution >= 4 is 16.7 Å². The van der Waals surface area contributed by atoms with Crippen LogP contribution in [0.1, 0.15) is 26.0 Å². The van der Waals surface area contributed by atoms with E-state index in [2.05, 4.69) is 10.4 Å². The molecule has 0 saturated carbocycles. The van der Waals surface area contributed by atoms with Crippen LogP contribution in [-0.4, -0.2) is 29.4 Å². The molecular formula is C17H23N3O3. The maximum absolute atomic E-state index is 12.4. The normalized spacial score (nSPS) is 11.1. The minimum absolute atomic E-state index is 0.0134. The van der Waals surface area contributed by atoms with Gasteiger partial charge in [0, 0.05) is 18.9 Å². The molecule has 0 fully saturated rings. The van der Waals surface area contributed by atoms with Crippen molar-refractivity contribution in [3.63, 3.8) is 0 Å². The van der Waals surface area contributed by atoms with Crippen molar-refractivity contribution < 1.29 is 9.53 Å². The Bertz CT molecular complexity index is 737. The maximum Gasteiger partial charge on any atom is 0.274 e. The number of carbonyl (C=O) groups excluding carboxylic acids is 1. The number of benzene rings is 1. The second-order valence-corrected chi connectivity index (χ2v) is 5.89. The van der Waals surface area contributed by atoms with Gasteiger partial charge in [-0.2, -0.15) is 5.10 Å². The van der Waals surface area contributed by atoms with E-state index >= 15 is 0 Å². The number of amides is 1. The lowest BCUT2D eigenvalue weighted by Gasteiger charge is -2.12. The molecule has 0 saturated heterocycles. The minimum Gasteiger partial charge on any atom is -0.383 e. The lowest BCUT2D eigenvalue weighted by molar-refractivity contribution is -0.121. The van der Waals surface area contributed by atoms with Gasteiger partial charge in [0.05, 0.1) is 30.8 Å². The second kappa shape index (κ2) is 7.87. The third kappa shape index (κ3) is 4.39. The van der Waals surface area contributed by atoms with Gasteiger partial charge in [-0.05, 0) is 12.0 Å². The van der Waals surface area contributed by atoms with Crippen molar-refractivity contribution in [2.75, 3.05) is 13.7 Å². The van der Waals surface area contributed by atoms with Crippen LogP contribution in [-0.2, 0) is 22.6 Å². The molecule has 2 aromatic rings. The van der Waals surface area contributed by atoms with E-state index in [-0.39, 0.29) is 11.5 Å². The molecule has 23 heavy (non-hydrogen) atoms. The number of methoxy groups -OCH3 is 1. The molecule has 1 N–H and O–H groups in total. The summed E-state index contributed by atoms with van der Waals surface area (Å²) in [5.74, 6) is 0.288. The highest BCUT2D eigenvalue weighted by Gasteiger charge is 2.11. The number of carbonyl (C=O) groups is 1. The van der Waals surface area contributed by atoms with Crippen LogP contribution in [0.3, 0.4) is 0 Å². The van der Waals surface area contributed by atoms with Gasteiger partial charge in [-0.15, -0.1) is 0 Å². The van der Waals surface area contributed by atoms with Gasteiger partial charge in [0.1, 0.15) is 0 Å². The Hall–Kier alpha value is -2.21. The molecule has 1 aromatic heterocycles. The first-order valence-electron chi connectivity index (χ1n) is 7.77. The topological polar surface area (TPSA) is 73.2 Å². The molecule has 1 amide bonds. The fourth-order valence-corrected chi connectivity index (χ4v) is 2.39. The zero-order valence-electron chi connectivity index (χ0n) is 13.8. The number of hydrogen-bond donors (Lipinski definition) is 1. The van der Waals surface area contributed by atoms with E-state index in [0.717, 1.165) is 5.39 Å². The number of nitrogens with zero attached hydrogens (tertiary/aromatic N) is 2. The largest absolute Gasteiger partial charge is 0.383 e. The summed E-state index contributed by atoms with van der Waals surface area (Å²) in [7, 11) is 1.58. The van der Waals surface area contributed by atoms with Gasteiger partial charge in [-0.25, -0.2) is 4.68 Å². The fourth-order valence-electron chi connectivity index (χ4n) is 2.39. The highest BCUT2D eigenvalue weighted by atomic mass is 16.5. The van der Waals surface area contributed by atoms with Crippen molar-refractivity contribution in [2.24, 2.45) is 5.92 Å². The molecule has 0 aliphatic heterocycles. The number of hydrogen-bond acceptors (Lipinski definition) is 4. The van der Waals surface area contributed by atoms with E-state index in [1.807, 2.05) is 32.0 Å². The third-order valence-corrected chi connectivity index (χ3v) is 3.50. The van der Waals surface area contributed by atoms with E-state index in [0.29, 0.717) is 43.1 Å². The molecule has 0 unspecified atom stereocenters. The average Bonchev–Trinajstić information content (AvgIpc) is 2.52. The van der Waals surface area contributed by atoms with Crippen LogP contribution in [0.25, 0.3) is 10.8 Å². The van der Waals surface area contributed by atoms with Crippen molar-refractivity contribution in [3.8, 4) is 0 Å². The molecular weight excluding hydrogens is 294 g/mol. The Labute approximate surface area is 135 Å².